The van der Waals surface area contributed by atoms with Crippen LogP contribution in [0.2, 0.25) is 0 Å². The first-order chi connectivity index (χ1) is 7.17. The van der Waals surface area contributed by atoms with E-state index in [1.54, 1.807) is 18.2 Å². The molecule has 0 radical (unpaired) electrons. The SMILES string of the molecule is CCN(CC(=O)CN)c1cccc(O)c1. The molecule has 0 aliphatic carbocycles. The molecular formula is C11H16N2O2. The Balaban J connectivity index is 2.78. The molecule has 0 amide bonds. The third kappa shape index (κ3) is 3.25. The average molecular weight is 208 g/mol. The summed E-state index contributed by atoms with van der Waals surface area (Å²) in [4.78, 5) is 13.1. The molecule has 0 spiro atoms. The Morgan fingerprint density at radius 2 is 2.27 bits per heavy atom. The van der Waals surface area contributed by atoms with Crippen molar-refractivity contribution in [2.24, 2.45) is 5.73 Å². The van der Waals surface area contributed by atoms with Crippen LogP contribution in [0.5, 0.6) is 5.75 Å². The number of carbonyl (C=O) groups excluding carboxylic acids is 1. The minimum Gasteiger partial charge on any atom is -0.508 e. The first-order valence-corrected chi connectivity index (χ1v) is 4.93. The number of phenols is 1. The molecule has 4 heteroatoms. The molecule has 0 aliphatic rings. The summed E-state index contributed by atoms with van der Waals surface area (Å²) in [6, 6.07) is 6.84. The number of nitrogens with zero attached hydrogens (tertiary/aromatic N) is 1. The zero-order valence-electron chi connectivity index (χ0n) is 8.81. The normalized spacial score (nSPS) is 10.0. The molecule has 15 heavy (non-hydrogen) atoms. The van der Waals surface area contributed by atoms with Crippen LogP contribution in [0.25, 0.3) is 0 Å². The standard InChI is InChI=1S/C11H16N2O2/c1-2-13(8-11(15)7-12)9-4-3-5-10(14)6-9/h3-6,14H,2,7-8,12H2,1H3. The number of phenolic OH excluding ortho intramolecular Hbond substituents is 1. The molecule has 0 heterocycles. The van der Waals surface area contributed by atoms with Crippen LogP contribution in [0.4, 0.5) is 5.69 Å². The number of Topliss-reactive ketones (excluding diaryl/α,β-unsaturated/α-hetero) is 1. The molecule has 0 bridgehead atoms. The Kier molecular flexibility index (Phi) is 4.12. The van der Waals surface area contributed by atoms with E-state index in [0.717, 1.165) is 5.69 Å². The van der Waals surface area contributed by atoms with Gasteiger partial charge in [0.2, 0.25) is 0 Å². The van der Waals surface area contributed by atoms with Gasteiger partial charge in [-0.05, 0) is 19.1 Å². The fourth-order valence-corrected chi connectivity index (χ4v) is 1.35. The van der Waals surface area contributed by atoms with Gasteiger partial charge in [-0.25, -0.2) is 0 Å². The molecule has 0 fully saturated rings. The van der Waals surface area contributed by atoms with Crippen LogP contribution >= 0.6 is 0 Å². The molecule has 0 saturated heterocycles. The molecular weight excluding hydrogens is 192 g/mol. The van der Waals surface area contributed by atoms with Gasteiger partial charge in [-0.1, -0.05) is 6.07 Å². The van der Waals surface area contributed by atoms with Gasteiger partial charge in [0.25, 0.3) is 0 Å². The fraction of sp³-hybridized carbons (Fsp3) is 0.364. The van der Waals surface area contributed by atoms with Gasteiger partial charge < -0.3 is 15.7 Å². The quantitative estimate of drug-likeness (QED) is 0.749. The first-order valence-electron chi connectivity index (χ1n) is 4.93. The van der Waals surface area contributed by atoms with Crippen molar-refractivity contribution in [2.75, 3.05) is 24.5 Å². The van der Waals surface area contributed by atoms with E-state index in [1.807, 2.05) is 17.9 Å². The molecule has 3 N–H and O–H groups in total. The average Bonchev–Trinajstić information content (AvgIpc) is 2.25. The van der Waals surface area contributed by atoms with Crippen LogP contribution in [0.15, 0.2) is 24.3 Å². The predicted octanol–water partition coefficient (Wildman–Crippen LogP) is 0.746. The second-order valence-corrected chi connectivity index (χ2v) is 3.28. The summed E-state index contributed by atoms with van der Waals surface area (Å²) in [6.07, 6.45) is 0. The van der Waals surface area contributed by atoms with Crippen LogP contribution in [0.3, 0.4) is 0 Å². The number of benzene rings is 1. The fourth-order valence-electron chi connectivity index (χ4n) is 1.35. The number of ketones is 1. The number of hydrogen-bond acceptors (Lipinski definition) is 4. The number of nitrogens with two attached hydrogens (primary N) is 1. The van der Waals surface area contributed by atoms with Gasteiger partial charge in [-0.3, -0.25) is 4.79 Å². The van der Waals surface area contributed by atoms with Crippen molar-refractivity contribution in [2.45, 2.75) is 6.92 Å². The van der Waals surface area contributed by atoms with Gasteiger partial charge in [-0.15, -0.1) is 0 Å². The van der Waals surface area contributed by atoms with E-state index in [-0.39, 0.29) is 24.6 Å². The monoisotopic (exact) mass is 208 g/mol. The van der Waals surface area contributed by atoms with E-state index < -0.39 is 0 Å². The Hall–Kier alpha value is -1.55. The third-order valence-corrected chi connectivity index (χ3v) is 2.17. The predicted molar refractivity (Wildman–Crippen MR) is 60.1 cm³/mol. The van der Waals surface area contributed by atoms with E-state index in [9.17, 15) is 9.90 Å². The Bertz CT molecular complexity index is 339. The van der Waals surface area contributed by atoms with Crippen LogP contribution in [-0.2, 0) is 4.79 Å². The van der Waals surface area contributed by atoms with Gasteiger partial charge in [0.05, 0.1) is 13.1 Å². The zero-order valence-corrected chi connectivity index (χ0v) is 8.81. The molecule has 0 saturated carbocycles. The number of carbonyl (C=O) groups is 1. The Labute approximate surface area is 89.3 Å². The summed E-state index contributed by atoms with van der Waals surface area (Å²) in [5, 5.41) is 9.31. The van der Waals surface area contributed by atoms with Gasteiger partial charge in [0.1, 0.15) is 5.75 Å². The summed E-state index contributed by atoms with van der Waals surface area (Å²) in [6.45, 7) is 2.99. The van der Waals surface area contributed by atoms with Crippen molar-refractivity contribution in [3.05, 3.63) is 24.3 Å². The van der Waals surface area contributed by atoms with Gasteiger partial charge >= 0.3 is 0 Å². The lowest BCUT2D eigenvalue weighted by Gasteiger charge is -2.22. The molecule has 1 aromatic carbocycles. The van der Waals surface area contributed by atoms with Crippen LogP contribution in [-0.4, -0.2) is 30.5 Å². The molecule has 4 nitrogen and oxygen atoms in total. The van der Waals surface area contributed by atoms with E-state index in [0.29, 0.717) is 6.54 Å². The lowest BCUT2D eigenvalue weighted by molar-refractivity contribution is -0.116. The lowest BCUT2D eigenvalue weighted by atomic mass is 10.2. The minimum absolute atomic E-state index is 0.0137. The lowest BCUT2D eigenvalue weighted by Crippen LogP contribution is -2.32. The second-order valence-electron chi connectivity index (χ2n) is 3.28. The van der Waals surface area contributed by atoms with Crippen molar-refractivity contribution in [1.82, 2.24) is 0 Å². The van der Waals surface area contributed by atoms with Crippen LogP contribution < -0.4 is 10.6 Å². The number of likely N-dealkylation sites (N-methyl/N-ethyl adjacent to an activating group) is 1. The third-order valence-electron chi connectivity index (χ3n) is 2.17. The van der Waals surface area contributed by atoms with Gasteiger partial charge in [-0.2, -0.15) is 0 Å². The van der Waals surface area contributed by atoms with Crippen molar-refractivity contribution >= 4 is 11.5 Å². The number of hydrogen-bond donors (Lipinski definition) is 2. The minimum atomic E-state index is -0.0137. The molecule has 0 aliphatic heterocycles. The summed E-state index contributed by atoms with van der Waals surface area (Å²) in [5.74, 6) is 0.186. The van der Waals surface area contributed by atoms with E-state index >= 15 is 0 Å². The summed E-state index contributed by atoms with van der Waals surface area (Å²) < 4.78 is 0. The highest BCUT2D eigenvalue weighted by molar-refractivity contribution is 5.85. The van der Waals surface area contributed by atoms with E-state index in [1.165, 1.54) is 0 Å². The highest BCUT2D eigenvalue weighted by atomic mass is 16.3. The molecule has 82 valence electrons. The van der Waals surface area contributed by atoms with Crippen LogP contribution in [0, 0.1) is 0 Å². The van der Waals surface area contributed by atoms with Crippen molar-refractivity contribution < 1.29 is 9.90 Å². The molecule has 0 aromatic heterocycles. The highest BCUT2D eigenvalue weighted by Crippen LogP contribution is 2.19. The van der Waals surface area contributed by atoms with Crippen molar-refractivity contribution in [3.8, 4) is 5.75 Å². The Morgan fingerprint density at radius 3 is 2.80 bits per heavy atom. The molecule has 1 rings (SSSR count). The van der Waals surface area contributed by atoms with Crippen molar-refractivity contribution in [3.63, 3.8) is 0 Å². The second kappa shape index (κ2) is 5.36. The summed E-state index contributed by atoms with van der Waals surface area (Å²) in [7, 11) is 0. The van der Waals surface area contributed by atoms with Gasteiger partial charge in [0, 0.05) is 18.3 Å². The van der Waals surface area contributed by atoms with E-state index in [2.05, 4.69) is 0 Å². The molecule has 1 aromatic rings. The Morgan fingerprint density at radius 1 is 1.53 bits per heavy atom. The maximum Gasteiger partial charge on any atom is 0.165 e. The molecule has 0 unspecified atom stereocenters. The number of rotatable bonds is 5. The maximum atomic E-state index is 11.2. The largest absolute Gasteiger partial charge is 0.508 e. The maximum absolute atomic E-state index is 11.2. The molecule has 0 atom stereocenters. The topological polar surface area (TPSA) is 66.6 Å². The smallest absolute Gasteiger partial charge is 0.165 e. The highest BCUT2D eigenvalue weighted by Gasteiger charge is 2.08. The summed E-state index contributed by atoms with van der Waals surface area (Å²) in [5.41, 5.74) is 6.09. The van der Waals surface area contributed by atoms with Crippen molar-refractivity contribution in [1.29, 1.82) is 0 Å². The first kappa shape index (κ1) is 11.5. The number of aromatic hydroxyl groups is 1. The zero-order chi connectivity index (χ0) is 11.3. The van der Waals surface area contributed by atoms with E-state index in [4.69, 9.17) is 5.73 Å². The number of anilines is 1. The van der Waals surface area contributed by atoms with Crippen LogP contribution in [0.1, 0.15) is 6.92 Å². The van der Waals surface area contributed by atoms with Gasteiger partial charge in [0.15, 0.2) is 5.78 Å². The summed E-state index contributed by atoms with van der Waals surface area (Å²) >= 11 is 0.